The third-order valence-electron chi connectivity index (χ3n) is 2.47. The average molecular weight is 373 g/mol. The lowest BCUT2D eigenvalue weighted by Gasteiger charge is -2.05. The quantitative estimate of drug-likeness (QED) is 0.180. The molecule has 6 nitrogen and oxygen atoms in total. The zero-order valence-electron chi connectivity index (χ0n) is 12.4. The van der Waals surface area contributed by atoms with Crippen molar-refractivity contribution < 1.29 is 37.2 Å². The highest BCUT2D eigenvalue weighted by Crippen LogP contribution is 2.14. The molecule has 0 bridgehead atoms. The van der Waals surface area contributed by atoms with Crippen LogP contribution in [0.25, 0.3) is 0 Å². The fourth-order valence-corrected chi connectivity index (χ4v) is 3.11. The second-order valence-electron chi connectivity index (χ2n) is 4.34. The molecule has 0 amide bonds. The first-order valence-corrected chi connectivity index (χ1v) is 8.32. The molecular weight excluding hydrogens is 357 g/mol. The Kier molecular flexibility index (Phi) is 10.2. The molecule has 1 rings (SSSR count). The molecule has 0 atom stereocenters. The van der Waals surface area contributed by atoms with Crippen LogP contribution < -0.4 is 0 Å². The van der Waals surface area contributed by atoms with E-state index in [9.17, 15) is 32.2 Å². The maximum Gasteiger partial charge on any atom is 0.673 e. The van der Waals surface area contributed by atoms with Crippen LogP contribution in [-0.4, -0.2) is 58.6 Å². The van der Waals surface area contributed by atoms with E-state index < -0.39 is 23.1 Å². The second kappa shape index (κ2) is 11.0. The molecule has 0 fully saturated rings. The molecule has 1 aromatic carbocycles. The standard InChI is InChI=1S/C12H16NO5S.BF4/c14-4-6-19(7-5-15)9-12(16)10-2-1-3-11(8-10)13(17)18;2-1(3,4)5/h1-3,8,14-15H,4-7,9H2;/q+1;-1. The largest absolute Gasteiger partial charge is 0.673 e. The molecule has 1 aromatic rings. The third kappa shape index (κ3) is 11.0. The Morgan fingerprint density at radius 2 is 1.67 bits per heavy atom. The van der Waals surface area contributed by atoms with Gasteiger partial charge < -0.3 is 27.5 Å². The van der Waals surface area contributed by atoms with Gasteiger partial charge in [0.25, 0.3) is 5.69 Å². The molecule has 0 unspecified atom stereocenters. The van der Waals surface area contributed by atoms with Crippen LogP contribution >= 0.6 is 0 Å². The monoisotopic (exact) mass is 373 g/mol. The number of hydrogen-bond acceptors (Lipinski definition) is 5. The number of rotatable bonds is 8. The Balaban J connectivity index is 0.000000922. The molecule has 0 radical (unpaired) electrons. The van der Waals surface area contributed by atoms with Gasteiger partial charge in [0.15, 0.2) is 5.75 Å². The number of benzene rings is 1. The highest BCUT2D eigenvalue weighted by Gasteiger charge is 2.23. The van der Waals surface area contributed by atoms with E-state index in [-0.39, 0.29) is 30.4 Å². The SMILES string of the molecule is F[B-](F)(F)F.O=C(C[S+](CCO)CCO)c1cccc([N+](=O)[O-])c1. The fraction of sp³-hybridized carbons (Fsp3) is 0.417. The third-order valence-corrected chi connectivity index (χ3v) is 4.66. The summed E-state index contributed by atoms with van der Waals surface area (Å²) in [5, 5.41) is 28.4. The molecular formula is C12H16BF4NO5S. The van der Waals surface area contributed by atoms with Gasteiger partial charge in [-0.15, -0.1) is 0 Å². The number of carbonyl (C=O) groups excluding carboxylic acids is 1. The van der Waals surface area contributed by atoms with Gasteiger partial charge in [-0.3, -0.25) is 14.9 Å². The van der Waals surface area contributed by atoms with Gasteiger partial charge in [0, 0.05) is 28.6 Å². The molecule has 12 heteroatoms. The minimum Gasteiger partial charge on any atom is -0.418 e. The van der Waals surface area contributed by atoms with E-state index in [0.717, 1.165) is 0 Å². The highest BCUT2D eigenvalue weighted by molar-refractivity contribution is 7.97. The minimum atomic E-state index is -6.00. The molecule has 136 valence electrons. The lowest BCUT2D eigenvalue weighted by Crippen LogP contribution is -2.25. The summed E-state index contributed by atoms with van der Waals surface area (Å²) < 4.78 is 39.0. The van der Waals surface area contributed by atoms with Gasteiger partial charge >= 0.3 is 7.25 Å². The Morgan fingerprint density at radius 1 is 1.17 bits per heavy atom. The smallest absolute Gasteiger partial charge is 0.418 e. The first kappa shape index (κ1) is 22.3. The molecule has 0 saturated heterocycles. The number of non-ortho nitro benzene ring substituents is 1. The molecule has 0 aromatic heterocycles. The summed E-state index contributed by atoms with van der Waals surface area (Å²) in [7, 11) is -6.39. The number of carbonyl (C=O) groups is 1. The van der Waals surface area contributed by atoms with Gasteiger partial charge in [-0.1, -0.05) is 12.1 Å². The lowest BCUT2D eigenvalue weighted by atomic mass is 10.1. The van der Waals surface area contributed by atoms with Gasteiger partial charge in [0.2, 0.25) is 5.78 Å². The number of hydrogen-bond donors (Lipinski definition) is 2. The summed E-state index contributed by atoms with van der Waals surface area (Å²) in [6.45, 7) is -0.0728. The van der Waals surface area contributed by atoms with Crippen molar-refractivity contribution in [1.29, 1.82) is 0 Å². The number of ketones is 1. The normalized spacial score (nSPS) is 11.0. The van der Waals surface area contributed by atoms with Gasteiger partial charge in [0.1, 0.15) is 11.5 Å². The van der Waals surface area contributed by atoms with Crippen LogP contribution in [0, 0.1) is 10.1 Å². The number of aliphatic hydroxyl groups excluding tert-OH is 2. The van der Waals surface area contributed by atoms with Crippen LogP contribution in [0.3, 0.4) is 0 Å². The predicted molar refractivity (Wildman–Crippen MR) is 83.8 cm³/mol. The van der Waals surface area contributed by atoms with Crippen LogP contribution in [0.5, 0.6) is 0 Å². The fourth-order valence-electron chi connectivity index (χ4n) is 1.57. The van der Waals surface area contributed by atoms with Crippen LogP contribution in [0.1, 0.15) is 10.4 Å². The van der Waals surface area contributed by atoms with E-state index in [0.29, 0.717) is 17.1 Å². The zero-order valence-corrected chi connectivity index (χ0v) is 13.2. The van der Waals surface area contributed by atoms with E-state index in [1.165, 1.54) is 24.3 Å². The molecule has 2 N–H and O–H groups in total. The molecule has 0 spiro atoms. The Morgan fingerprint density at radius 3 is 2.08 bits per heavy atom. The van der Waals surface area contributed by atoms with Crippen LogP contribution in [0.2, 0.25) is 0 Å². The number of halogens is 4. The molecule has 0 aliphatic rings. The van der Waals surface area contributed by atoms with Gasteiger partial charge in [0.05, 0.1) is 18.1 Å². The van der Waals surface area contributed by atoms with Gasteiger partial charge in [-0.25, -0.2) is 0 Å². The van der Waals surface area contributed by atoms with E-state index in [4.69, 9.17) is 10.2 Å². The number of Topliss-reactive ketones (excluding diaryl/α,β-unsaturated/α-hetero) is 1. The minimum absolute atomic E-state index is 0.0364. The molecule has 24 heavy (non-hydrogen) atoms. The molecule has 0 aliphatic heterocycles. The maximum absolute atomic E-state index is 12.0. The van der Waals surface area contributed by atoms with Crippen LogP contribution in [0.15, 0.2) is 24.3 Å². The van der Waals surface area contributed by atoms with Crippen LogP contribution in [0.4, 0.5) is 23.0 Å². The Labute approximate surface area is 138 Å². The van der Waals surface area contributed by atoms with Crippen molar-refractivity contribution in [2.24, 2.45) is 0 Å². The van der Waals surface area contributed by atoms with Crippen molar-refractivity contribution in [2.75, 3.05) is 30.5 Å². The van der Waals surface area contributed by atoms with Gasteiger partial charge in [-0.05, 0) is 0 Å². The van der Waals surface area contributed by atoms with Crippen molar-refractivity contribution >= 4 is 29.6 Å². The zero-order chi connectivity index (χ0) is 18.8. The number of nitro benzene ring substituents is 1. The summed E-state index contributed by atoms with van der Waals surface area (Å²) in [6, 6.07) is 5.59. The molecule has 0 aliphatic carbocycles. The van der Waals surface area contributed by atoms with Gasteiger partial charge in [-0.2, -0.15) is 0 Å². The predicted octanol–water partition coefficient (Wildman–Crippen LogP) is 1.68. The van der Waals surface area contributed by atoms with E-state index in [1.807, 2.05) is 0 Å². The number of nitrogens with zero attached hydrogens (tertiary/aromatic N) is 1. The summed E-state index contributed by atoms with van der Waals surface area (Å²) in [6.07, 6.45) is 0. The topological polar surface area (TPSA) is 101 Å². The van der Waals surface area contributed by atoms with E-state index in [1.54, 1.807) is 0 Å². The van der Waals surface area contributed by atoms with Crippen LogP contribution in [-0.2, 0) is 10.9 Å². The summed E-state index contributed by atoms with van der Waals surface area (Å²) in [5.41, 5.74) is 0.178. The second-order valence-corrected chi connectivity index (χ2v) is 6.67. The molecule has 0 saturated carbocycles. The van der Waals surface area contributed by atoms with Crippen molar-refractivity contribution in [1.82, 2.24) is 0 Å². The number of aliphatic hydroxyl groups is 2. The average Bonchev–Trinajstić information content (AvgIpc) is 2.46. The van der Waals surface area contributed by atoms with Crippen molar-refractivity contribution in [3.63, 3.8) is 0 Å². The maximum atomic E-state index is 12.0. The van der Waals surface area contributed by atoms with Crippen molar-refractivity contribution in [3.8, 4) is 0 Å². The lowest BCUT2D eigenvalue weighted by molar-refractivity contribution is -0.384. The first-order valence-electron chi connectivity index (χ1n) is 6.59. The first-order chi connectivity index (χ1) is 11.1. The summed E-state index contributed by atoms with van der Waals surface area (Å²) in [5.74, 6) is 0.916. The van der Waals surface area contributed by atoms with E-state index in [2.05, 4.69) is 0 Å². The van der Waals surface area contributed by atoms with Crippen molar-refractivity contribution in [2.45, 2.75) is 0 Å². The summed E-state index contributed by atoms with van der Waals surface area (Å²) in [4.78, 5) is 22.1. The summed E-state index contributed by atoms with van der Waals surface area (Å²) >= 11 is 0. The molecule has 0 heterocycles. The van der Waals surface area contributed by atoms with E-state index >= 15 is 0 Å². The Hall–Kier alpha value is -1.66. The number of nitro groups is 1. The van der Waals surface area contributed by atoms with Crippen molar-refractivity contribution in [3.05, 3.63) is 39.9 Å². The Bertz CT molecular complexity index is 534. The highest BCUT2D eigenvalue weighted by atomic mass is 32.2.